The maximum Gasteiger partial charge on any atom is 0.255 e. The maximum atomic E-state index is 13.4. The van der Waals surface area contributed by atoms with Crippen LogP contribution in [0.3, 0.4) is 0 Å². The van der Waals surface area contributed by atoms with Gasteiger partial charge in [0.05, 0.1) is 25.3 Å². The van der Waals surface area contributed by atoms with Crippen molar-refractivity contribution >= 4 is 16.8 Å². The van der Waals surface area contributed by atoms with Gasteiger partial charge < -0.3 is 29.6 Å². The number of aromatic amines is 1. The van der Waals surface area contributed by atoms with Gasteiger partial charge in [0.1, 0.15) is 19.0 Å². The predicted molar refractivity (Wildman–Crippen MR) is 130 cm³/mol. The Labute approximate surface area is 197 Å². The molecule has 4 aromatic rings. The second kappa shape index (κ2) is 9.49. The summed E-state index contributed by atoms with van der Waals surface area (Å²) in [5.74, 6) is 1.33. The lowest BCUT2D eigenvalue weighted by molar-refractivity contribution is 0.0906. The summed E-state index contributed by atoms with van der Waals surface area (Å²) in [5, 5.41) is 14.1. The average Bonchev–Trinajstić information content (AvgIpc) is 3.30. The number of aromatic nitrogens is 1. The molecule has 1 aliphatic heterocycles. The fourth-order valence-electron chi connectivity index (χ4n) is 4.28. The molecule has 1 aromatic heterocycles. The molecule has 1 unspecified atom stereocenters. The van der Waals surface area contributed by atoms with Crippen molar-refractivity contribution in [1.29, 1.82) is 0 Å². The van der Waals surface area contributed by atoms with E-state index in [0.29, 0.717) is 36.7 Å². The number of ether oxygens (including phenoxy) is 3. The first-order valence-corrected chi connectivity index (χ1v) is 11.2. The number of carbonyl (C=O) groups excluding carboxylic acids is 1. The topological polar surface area (TPSA) is 92.8 Å². The summed E-state index contributed by atoms with van der Waals surface area (Å²) in [6.07, 6.45) is 2.41. The third-order valence-electron chi connectivity index (χ3n) is 5.99. The van der Waals surface area contributed by atoms with Crippen LogP contribution in [0.5, 0.6) is 17.2 Å². The van der Waals surface area contributed by atoms with E-state index in [2.05, 4.69) is 10.3 Å². The number of rotatable bonds is 7. The Kier molecular flexibility index (Phi) is 6.10. The normalized spacial score (nSPS) is 13.5. The molecule has 1 aliphatic rings. The molecule has 0 saturated carbocycles. The highest BCUT2D eigenvalue weighted by atomic mass is 16.6. The van der Waals surface area contributed by atoms with Crippen molar-refractivity contribution in [3.63, 3.8) is 0 Å². The van der Waals surface area contributed by atoms with Gasteiger partial charge >= 0.3 is 0 Å². The van der Waals surface area contributed by atoms with Crippen LogP contribution >= 0.6 is 0 Å². The minimum Gasteiger partial charge on any atom is -0.497 e. The Morgan fingerprint density at radius 2 is 1.94 bits per heavy atom. The number of methoxy groups -OCH3 is 1. The van der Waals surface area contributed by atoms with Crippen LogP contribution < -0.4 is 19.5 Å². The molecule has 0 fully saturated rings. The van der Waals surface area contributed by atoms with Gasteiger partial charge in [0.25, 0.3) is 5.91 Å². The molecular weight excluding hydrogens is 432 g/mol. The van der Waals surface area contributed by atoms with E-state index in [1.54, 1.807) is 13.2 Å². The molecule has 34 heavy (non-hydrogen) atoms. The molecule has 1 atom stereocenters. The fourth-order valence-corrected chi connectivity index (χ4v) is 4.28. The van der Waals surface area contributed by atoms with Crippen LogP contribution in [-0.2, 0) is 6.42 Å². The first-order chi connectivity index (χ1) is 16.7. The molecule has 2 heterocycles. The Morgan fingerprint density at radius 3 is 2.79 bits per heavy atom. The van der Waals surface area contributed by atoms with Crippen LogP contribution in [-0.4, -0.2) is 49.0 Å². The summed E-state index contributed by atoms with van der Waals surface area (Å²) in [6, 6.07) is 18.8. The summed E-state index contributed by atoms with van der Waals surface area (Å²) < 4.78 is 17.0. The van der Waals surface area contributed by atoms with Gasteiger partial charge in [-0.1, -0.05) is 30.3 Å². The summed E-state index contributed by atoms with van der Waals surface area (Å²) in [6.45, 7) is 0.584. The minimum atomic E-state index is -0.465. The van der Waals surface area contributed by atoms with Gasteiger partial charge in [-0.25, -0.2) is 0 Å². The lowest BCUT2D eigenvalue weighted by Gasteiger charge is -2.23. The zero-order valence-electron chi connectivity index (χ0n) is 18.8. The molecule has 3 N–H and O–H groups in total. The Balaban J connectivity index is 1.44. The zero-order valence-corrected chi connectivity index (χ0v) is 18.8. The van der Waals surface area contributed by atoms with Crippen molar-refractivity contribution in [2.75, 3.05) is 26.9 Å². The van der Waals surface area contributed by atoms with Crippen molar-refractivity contribution in [3.8, 4) is 28.4 Å². The summed E-state index contributed by atoms with van der Waals surface area (Å²) in [5.41, 5.74) is 4.12. The molecule has 0 aliphatic carbocycles. The van der Waals surface area contributed by atoms with E-state index in [0.717, 1.165) is 33.3 Å². The number of aliphatic hydroxyl groups is 1. The number of amides is 1. The molecule has 5 rings (SSSR count). The van der Waals surface area contributed by atoms with E-state index in [4.69, 9.17) is 14.2 Å². The van der Waals surface area contributed by atoms with Crippen LogP contribution in [0.2, 0.25) is 0 Å². The highest BCUT2D eigenvalue weighted by Gasteiger charge is 2.25. The Bertz CT molecular complexity index is 1330. The van der Waals surface area contributed by atoms with Gasteiger partial charge in [0, 0.05) is 17.1 Å². The third-order valence-corrected chi connectivity index (χ3v) is 5.99. The fraction of sp³-hybridized carbons (Fsp3) is 0.222. The zero-order chi connectivity index (χ0) is 23.5. The first-order valence-electron chi connectivity index (χ1n) is 11.2. The van der Waals surface area contributed by atoms with Crippen molar-refractivity contribution < 1.29 is 24.1 Å². The number of benzene rings is 3. The van der Waals surface area contributed by atoms with Crippen molar-refractivity contribution in [2.45, 2.75) is 12.5 Å². The highest BCUT2D eigenvalue weighted by molar-refractivity contribution is 5.99. The molecule has 3 aromatic carbocycles. The van der Waals surface area contributed by atoms with Gasteiger partial charge in [-0.05, 0) is 53.4 Å². The largest absolute Gasteiger partial charge is 0.497 e. The minimum absolute atomic E-state index is 0.194. The van der Waals surface area contributed by atoms with Crippen LogP contribution in [0.25, 0.3) is 22.0 Å². The molecule has 1 amide bonds. The average molecular weight is 459 g/mol. The molecule has 0 spiro atoms. The van der Waals surface area contributed by atoms with Crippen molar-refractivity contribution in [2.24, 2.45) is 0 Å². The predicted octanol–water partition coefficient (Wildman–Crippen LogP) is 3.95. The SMILES string of the molecule is COc1cccc(-c2cc3c(c(C(=O)NC(CO)Cc4c[nH]c5ccccc45)c2)OCCO3)c1. The van der Waals surface area contributed by atoms with Gasteiger partial charge in [0.2, 0.25) is 0 Å². The number of fused-ring (bicyclic) bond motifs is 2. The number of aliphatic hydroxyl groups excluding tert-OH is 1. The standard InChI is InChI=1S/C27H26N2O5/c1-32-21-6-4-5-17(12-21)18-13-23(26-25(14-18)33-9-10-34-26)27(31)29-20(16-30)11-19-15-28-24-8-3-2-7-22(19)24/h2-8,12-15,20,28,30H,9-11,16H2,1H3,(H,29,31). The molecule has 0 saturated heterocycles. The first kappa shape index (κ1) is 21.9. The monoisotopic (exact) mass is 458 g/mol. The number of carbonyl (C=O) groups is 1. The van der Waals surface area contributed by atoms with Crippen LogP contribution in [0.1, 0.15) is 15.9 Å². The smallest absolute Gasteiger partial charge is 0.255 e. The molecule has 0 radical (unpaired) electrons. The summed E-state index contributed by atoms with van der Waals surface area (Å²) in [4.78, 5) is 16.6. The van der Waals surface area contributed by atoms with E-state index >= 15 is 0 Å². The van der Waals surface area contributed by atoms with Crippen LogP contribution in [0.4, 0.5) is 0 Å². The van der Waals surface area contributed by atoms with Crippen molar-refractivity contribution in [1.82, 2.24) is 10.3 Å². The Morgan fingerprint density at radius 1 is 1.09 bits per heavy atom. The molecule has 7 nitrogen and oxygen atoms in total. The van der Waals surface area contributed by atoms with Crippen molar-refractivity contribution in [3.05, 3.63) is 78.0 Å². The molecule has 7 heteroatoms. The summed E-state index contributed by atoms with van der Waals surface area (Å²) >= 11 is 0. The van der Waals surface area contributed by atoms with Gasteiger partial charge in [-0.3, -0.25) is 4.79 Å². The van der Waals surface area contributed by atoms with E-state index in [9.17, 15) is 9.90 Å². The number of H-pyrrole nitrogens is 1. The van der Waals surface area contributed by atoms with Crippen LogP contribution in [0, 0.1) is 0 Å². The Hall–Kier alpha value is -3.97. The van der Waals surface area contributed by atoms with E-state index in [1.807, 2.05) is 60.8 Å². The highest BCUT2D eigenvalue weighted by Crippen LogP contribution is 2.39. The maximum absolute atomic E-state index is 13.4. The van der Waals surface area contributed by atoms with Gasteiger partial charge in [-0.2, -0.15) is 0 Å². The lowest BCUT2D eigenvalue weighted by Crippen LogP contribution is -2.39. The third kappa shape index (κ3) is 4.30. The van der Waals surface area contributed by atoms with E-state index in [-0.39, 0.29) is 12.5 Å². The van der Waals surface area contributed by atoms with Gasteiger partial charge in [0.15, 0.2) is 11.5 Å². The second-order valence-electron chi connectivity index (χ2n) is 8.20. The van der Waals surface area contributed by atoms with E-state index < -0.39 is 6.04 Å². The van der Waals surface area contributed by atoms with Gasteiger partial charge in [-0.15, -0.1) is 0 Å². The number of hydrogen-bond donors (Lipinski definition) is 3. The molecule has 174 valence electrons. The van der Waals surface area contributed by atoms with Crippen LogP contribution in [0.15, 0.2) is 66.9 Å². The quantitative estimate of drug-likeness (QED) is 0.390. The number of hydrogen-bond acceptors (Lipinski definition) is 5. The number of nitrogens with one attached hydrogen (secondary N) is 2. The molecule has 0 bridgehead atoms. The molecular formula is C27H26N2O5. The lowest BCUT2D eigenvalue weighted by atomic mass is 10.00. The van der Waals surface area contributed by atoms with E-state index in [1.165, 1.54) is 0 Å². The summed E-state index contributed by atoms with van der Waals surface area (Å²) in [7, 11) is 1.62. The number of para-hydroxylation sites is 1. The second-order valence-corrected chi connectivity index (χ2v) is 8.20.